The average Bonchev–Trinajstić information content (AvgIpc) is 2.77. The highest BCUT2D eigenvalue weighted by Crippen LogP contribution is 2.18. The van der Waals surface area contributed by atoms with E-state index in [0.717, 1.165) is 12.2 Å². The number of hydrogen-bond acceptors (Lipinski definition) is 4. The van der Waals surface area contributed by atoms with Gasteiger partial charge in [-0.3, -0.25) is 9.69 Å². The molecule has 2 rings (SSSR count). The molecule has 0 unspecified atom stereocenters. The molecule has 1 aliphatic rings. The van der Waals surface area contributed by atoms with Crippen molar-refractivity contribution in [3.8, 4) is 11.5 Å². The van der Waals surface area contributed by atoms with Crippen molar-refractivity contribution in [2.75, 3.05) is 19.8 Å². The molecule has 1 aromatic carbocycles. The SMILES string of the molecule is CCC[C@@H]1NC(=O)N(CCOc2ccc(OCC)cc2)C1=O. The molecule has 0 bridgehead atoms. The van der Waals surface area contributed by atoms with Crippen LogP contribution in [0.2, 0.25) is 0 Å². The maximum atomic E-state index is 12.0. The third-order valence-electron chi connectivity index (χ3n) is 3.40. The molecule has 0 radical (unpaired) electrons. The van der Waals surface area contributed by atoms with Crippen LogP contribution in [0.15, 0.2) is 24.3 Å². The lowest BCUT2D eigenvalue weighted by molar-refractivity contribution is -0.127. The van der Waals surface area contributed by atoms with Crippen LogP contribution in [0.3, 0.4) is 0 Å². The van der Waals surface area contributed by atoms with E-state index in [0.29, 0.717) is 18.8 Å². The first-order valence-electron chi connectivity index (χ1n) is 7.63. The fourth-order valence-electron chi connectivity index (χ4n) is 2.33. The van der Waals surface area contributed by atoms with Gasteiger partial charge in [0, 0.05) is 0 Å². The first-order valence-corrected chi connectivity index (χ1v) is 7.63. The van der Waals surface area contributed by atoms with E-state index in [1.807, 2.05) is 26.0 Å². The predicted octanol–water partition coefficient (Wildman–Crippen LogP) is 2.18. The highest BCUT2D eigenvalue weighted by Gasteiger charge is 2.36. The van der Waals surface area contributed by atoms with Gasteiger partial charge in [-0.15, -0.1) is 0 Å². The van der Waals surface area contributed by atoms with E-state index in [4.69, 9.17) is 9.47 Å². The lowest BCUT2D eigenvalue weighted by Crippen LogP contribution is -2.35. The molecule has 1 heterocycles. The smallest absolute Gasteiger partial charge is 0.324 e. The summed E-state index contributed by atoms with van der Waals surface area (Å²) in [6.07, 6.45) is 1.52. The Balaban J connectivity index is 1.80. The Labute approximate surface area is 130 Å². The van der Waals surface area contributed by atoms with Gasteiger partial charge < -0.3 is 14.8 Å². The van der Waals surface area contributed by atoms with Crippen LogP contribution in [0.1, 0.15) is 26.7 Å². The molecule has 1 aliphatic heterocycles. The Morgan fingerprint density at radius 1 is 1.09 bits per heavy atom. The summed E-state index contributed by atoms with van der Waals surface area (Å²) in [5.41, 5.74) is 0. The van der Waals surface area contributed by atoms with Crippen LogP contribution >= 0.6 is 0 Å². The normalized spacial score (nSPS) is 17.5. The van der Waals surface area contributed by atoms with E-state index >= 15 is 0 Å². The lowest BCUT2D eigenvalue weighted by Gasteiger charge is -2.14. The van der Waals surface area contributed by atoms with Crippen molar-refractivity contribution in [3.05, 3.63) is 24.3 Å². The Kier molecular flexibility index (Phi) is 5.63. The molecule has 3 amide bonds. The molecule has 0 saturated carbocycles. The highest BCUT2D eigenvalue weighted by molar-refractivity contribution is 6.04. The van der Waals surface area contributed by atoms with Crippen molar-refractivity contribution in [2.24, 2.45) is 0 Å². The Morgan fingerprint density at radius 3 is 2.32 bits per heavy atom. The van der Waals surface area contributed by atoms with Gasteiger partial charge in [0.05, 0.1) is 13.2 Å². The maximum Gasteiger partial charge on any atom is 0.324 e. The summed E-state index contributed by atoms with van der Waals surface area (Å²) < 4.78 is 10.9. The fourth-order valence-corrected chi connectivity index (χ4v) is 2.33. The van der Waals surface area contributed by atoms with Crippen molar-refractivity contribution < 1.29 is 19.1 Å². The van der Waals surface area contributed by atoms with Crippen LogP contribution in [-0.2, 0) is 4.79 Å². The summed E-state index contributed by atoms with van der Waals surface area (Å²) in [5.74, 6) is 1.30. The number of imide groups is 1. The number of ether oxygens (including phenoxy) is 2. The zero-order chi connectivity index (χ0) is 15.9. The zero-order valence-electron chi connectivity index (χ0n) is 13.0. The van der Waals surface area contributed by atoms with E-state index < -0.39 is 0 Å². The largest absolute Gasteiger partial charge is 0.494 e. The monoisotopic (exact) mass is 306 g/mol. The molecule has 1 N–H and O–H groups in total. The Hall–Kier alpha value is -2.24. The van der Waals surface area contributed by atoms with E-state index in [-0.39, 0.29) is 31.1 Å². The zero-order valence-corrected chi connectivity index (χ0v) is 13.0. The molecule has 0 aliphatic carbocycles. The van der Waals surface area contributed by atoms with E-state index in [2.05, 4.69) is 5.32 Å². The van der Waals surface area contributed by atoms with E-state index in [1.165, 1.54) is 4.90 Å². The molecule has 1 aromatic rings. The van der Waals surface area contributed by atoms with Gasteiger partial charge in [0.15, 0.2) is 0 Å². The second-order valence-electron chi connectivity index (χ2n) is 5.03. The van der Waals surface area contributed by atoms with E-state index in [1.54, 1.807) is 12.1 Å². The second kappa shape index (κ2) is 7.68. The predicted molar refractivity (Wildman–Crippen MR) is 82.0 cm³/mol. The molecule has 0 aromatic heterocycles. The van der Waals surface area contributed by atoms with Gasteiger partial charge in [-0.2, -0.15) is 0 Å². The number of rotatable bonds is 8. The Morgan fingerprint density at radius 2 is 1.73 bits per heavy atom. The van der Waals surface area contributed by atoms with Gasteiger partial charge >= 0.3 is 6.03 Å². The molecule has 6 heteroatoms. The standard InChI is InChI=1S/C16H22N2O4/c1-3-5-14-15(19)18(16(20)17-14)10-11-22-13-8-6-12(7-9-13)21-4-2/h6-9,14H,3-5,10-11H2,1-2H3,(H,17,20)/t14-/m0/s1. The van der Waals surface area contributed by atoms with Gasteiger partial charge in [0.25, 0.3) is 5.91 Å². The number of amides is 3. The molecule has 120 valence electrons. The second-order valence-corrected chi connectivity index (χ2v) is 5.03. The van der Waals surface area contributed by atoms with Gasteiger partial charge in [-0.05, 0) is 37.6 Å². The van der Waals surface area contributed by atoms with Crippen LogP contribution in [0.5, 0.6) is 11.5 Å². The minimum Gasteiger partial charge on any atom is -0.494 e. The lowest BCUT2D eigenvalue weighted by atomic mass is 10.2. The van der Waals surface area contributed by atoms with Crippen molar-refractivity contribution in [2.45, 2.75) is 32.7 Å². The van der Waals surface area contributed by atoms with Gasteiger partial charge in [-0.1, -0.05) is 13.3 Å². The molecule has 6 nitrogen and oxygen atoms in total. The number of nitrogens with zero attached hydrogens (tertiary/aromatic N) is 1. The summed E-state index contributed by atoms with van der Waals surface area (Å²) >= 11 is 0. The first kappa shape index (κ1) is 16.1. The molecule has 1 saturated heterocycles. The number of carbonyl (C=O) groups is 2. The van der Waals surface area contributed by atoms with Crippen molar-refractivity contribution in [3.63, 3.8) is 0 Å². The molecule has 0 spiro atoms. The number of hydrogen-bond donors (Lipinski definition) is 1. The molecule has 1 fully saturated rings. The summed E-state index contributed by atoms with van der Waals surface area (Å²) in [5, 5.41) is 2.69. The quantitative estimate of drug-likeness (QED) is 0.748. The number of carbonyl (C=O) groups excluding carboxylic acids is 2. The summed E-state index contributed by atoms with van der Waals surface area (Å²) in [4.78, 5) is 25.0. The van der Waals surface area contributed by atoms with E-state index in [9.17, 15) is 9.59 Å². The van der Waals surface area contributed by atoms with Gasteiger partial charge in [0.2, 0.25) is 0 Å². The first-order chi connectivity index (χ1) is 10.7. The molecular formula is C16H22N2O4. The van der Waals surface area contributed by atoms with Crippen molar-refractivity contribution in [1.82, 2.24) is 10.2 Å². The minimum absolute atomic E-state index is 0.165. The maximum absolute atomic E-state index is 12.0. The molecule has 22 heavy (non-hydrogen) atoms. The van der Waals surface area contributed by atoms with Crippen molar-refractivity contribution in [1.29, 1.82) is 0 Å². The molecule has 1 atom stereocenters. The van der Waals surface area contributed by atoms with Crippen LogP contribution < -0.4 is 14.8 Å². The van der Waals surface area contributed by atoms with Crippen molar-refractivity contribution >= 4 is 11.9 Å². The summed E-state index contributed by atoms with van der Waals surface area (Å²) in [6, 6.07) is 6.53. The minimum atomic E-state index is -0.386. The Bertz CT molecular complexity index is 515. The number of nitrogens with one attached hydrogen (secondary N) is 1. The van der Waals surface area contributed by atoms with Crippen LogP contribution in [0, 0.1) is 0 Å². The third kappa shape index (κ3) is 3.90. The summed E-state index contributed by atoms with van der Waals surface area (Å²) in [6.45, 7) is 5.04. The van der Waals surface area contributed by atoms with Crippen LogP contribution in [0.4, 0.5) is 4.79 Å². The summed E-state index contributed by atoms with van der Waals surface area (Å²) in [7, 11) is 0. The van der Waals surface area contributed by atoms with Gasteiger partial charge in [0.1, 0.15) is 24.1 Å². The fraction of sp³-hybridized carbons (Fsp3) is 0.500. The van der Waals surface area contributed by atoms with Crippen LogP contribution in [0.25, 0.3) is 0 Å². The number of benzene rings is 1. The van der Waals surface area contributed by atoms with Crippen LogP contribution in [-0.4, -0.2) is 42.6 Å². The average molecular weight is 306 g/mol. The molecular weight excluding hydrogens is 284 g/mol. The topological polar surface area (TPSA) is 67.9 Å². The number of urea groups is 1. The van der Waals surface area contributed by atoms with Gasteiger partial charge in [-0.25, -0.2) is 4.79 Å². The highest BCUT2D eigenvalue weighted by atomic mass is 16.5. The third-order valence-corrected chi connectivity index (χ3v) is 3.40.